The lowest BCUT2D eigenvalue weighted by Crippen LogP contribution is -2.41. The van der Waals surface area contributed by atoms with Crippen LogP contribution in [0.2, 0.25) is 15.1 Å². The molecule has 3 rings (SSSR count). The Hall–Kier alpha value is -1.70. The van der Waals surface area contributed by atoms with Crippen LogP contribution in [0, 0.1) is 0 Å². The van der Waals surface area contributed by atoms with E-state index in [1.165, 1.54) is 6.92 Å². The van der Waals surface area contributed by atoms with Gasteiger partial charge in [0.05, 0.1) is 15.7 Å². The maximum atomic E-state index is 11.4. The van der Waals surface area contributed by atoms with E-state index in [9.17, 15) is 9.90 Å². The van der Waals surface area contributed by atoms with E-state index < -0.39 is 6.10 Å². The van der Waals surface area contributed by atoms with E-state index in [1.54, 1.807) is 36.4 Å². The van der Waals surface area contributed by atoms with Crippen LogP contribution in [0.5, 0.6) is 11.5 Å². The van der Waals surface area contributed by atoms with Crippen molar-refractivity contribution in [3.8, 4) is 11.5 Å². The third-order valence-corrected chi connectivity index (χ3v) is 5.57. The molecule has 0 spiro atoms. The van der Waals surface area contributed by atoms with Crippen LogP contribution in [0.1, 0.15) is 19.8 Å². The molecule has 162 valence electrons. The van der Waals surface area contributed by atoms with E-state index in [-0.39, 0.29) is 18.7 Å². The molecule has 2 atom stereocenters. The smallest absolute Gasteiger partial charge is 0.221 e. The lowest BCUT2D eigenvalue weighted by Gasteiger charge is -2.27. The van der Waals surface area contributed by atoms with Crippen LogP contribution in [-0.2, 0) is 4.79 Å². The van der Waals surface area contributed by atoms with Gasteiger partial charge < -0.3 is 19.9 Å². The second kappa shape index (κ2) is 10.6. The van der Waals surface area contributed by atoms with Gasteiger partial charge in [0.1, 0.15) is 24.2 Å². The highest BCUT2D eigenvalue weighted by Crippen LogP contribution is 2.30. The predicted molar refractivity (Wildman–Crippen MR) is 119 cm³/mol. The highest BCUT2D eigenvalue weighted by atomic mass is 35.5. The molecule has 0 aliphatic carbocycles. The number of carbonyl (C=O) groups excluding carboxylic acids is 1. The van der Waals surface area contributed by atoms with E-state index in [2.05, 4.69) is 10.2 Å². The number of rotatable bonds is 8. The molecule has 9 heteroatoms. The lowest BCUT2D eigenvalue weighted by molar-refractivity contribution is -0.114. The third kappa shape index (κ3) is 6.40. The Morgan fingerprint density at radius 3 is 2.77 bits per heavy atom. The summed E-state index contributed by atoms with van der Waals surface area (Å²) in [7, 11) is 0. The van der Waals surface area contributed by atoms with E-state index in [0.717, 1.165) is 19.4 Å². The summed E-state index contributed by atoms with van der Waals surface area (Å²) in [5.41, 5.74) is 0.462. The van der Waals surface area contributed by atoms with Gasteiger partial charge in [0.2, 0.25) is 5.91 Å². The Morgan fingerprint density at radius 2 is 2.03 bits per heavy atom. The fourth-order valence-corrected chi connectivity index (χ4v) is 3.73. The van der Waals surface area contributed by atoms with Crippen molar-refractivity contribution < 1.29 is 19.4 Å². The van der Waals surface area contributed by atoms with Crippen molar-refractivity contribution in [2.24, 2.45) is 0 Å². The standard InChI is InChI=1S/C21H23Cl3N2O4/c1-13(27)25-19-9-14(22)4-7-20(19)29-12-15(28)11-26-8-2-3-21(26)30-16-5-6-17(23)18(24)10-16/h4-7,9-10,15,21,28H,2-3,8,11-12H2,1H3,(H,25,27). The van der Waals surface area contributed by atoms with Gasteiger partial charge >= 0.3 is 0 Å². The van der Waals surface area contributed by atoms with E-state index in [4.69, 9.17) is 44.3 Å². The third-order valence-electron chi connectivity index (χ3n) is 4.60. The number of likely N-dealkylation sites (tertiary alicyclic amines) is 1. The minimum absolute atomic E-state index is 0.0597. The fraction of sp³-hybridized carbons (Fsp3) is 0.381. The second-order valence-electron chi connectivity index (χ2n) is 7.07. The van der Waals surface area contributed by atoms with Gasteiger partial charge in [0.25, 0.3) is 0 Å². The Labute approximate surface area is 190 Å². The molecule has 0 radical (unpaired) electrons. The van der Waals surface area contributed by atoms with E-state index in [0.29, 0.717) is 38.8 Å². The second-order valence-corrected chi connectivity index (χ2v) is 8.32. The number of aliphatic hydroxyl groups is 1. The molecule has 0 bridgehead atoms. The van der Waals surface area contributed by atoms with Crippen LogP contribution in [0.3, 0.4) is 0 Å². The molecule has 1 heterocycles. The maximum absolute atomic E-state index is 11.4. The summed E-state index contributed by atoms with van der Waals surface area (Å²) < 4.78 is 11.8. The molecule has 30 heavy (non-hydrogen) atoms. The van der Waals surface area contributed by atoms with Crippen molar-refractivity contribution >= 4 is 46.4 Å². The first-order valence-corrected chi connectivity index (χ1v) is 10.7. The molecule has 1 amide bonds. The largest absolute Gasteiger partial charge is 0.489 e. The van der Waals surface area contributed by atoms with Crippen LogP contribution >= 0.6 is 34.8 Å². The summed E-state index contributed by atoms with van der Waals surface area (Å²) in [6.45, 7) is 2.65. The van der Waals surface area contributed by atoms with Gasteiger partial charge in [-0.3, -0.25) is 9.69 Å². The fourth-order valence-electron chi connectivity index (χ4n) is 3.27. The first kappa shape index (κ1) is 23.0. The number of ether oxygens (including phenoxy) is 2. The van der Waals surface area contributed by atoms with Crippen LogP contribution in [-0.4, -0.2) is 47.9 Å². The number of hydrogen-bond acceptors (Lipinski definition) is 5. The van der Waals surface area contributed by atoms with Crippen molar-refractivity contribution in [2.45, 2.75) is 32.1 Å². The number of benzene rings is 2. The molecule has 1 aliphatic heterocycles. The highest BCUT2D eigenvalue weighted by molar-refractivity contribution is 6.42. The quantitative estimate of drug-likeness (QED) is 0.574. The zero-order chi connectivity index (χ0) is 21.7. The summed E-state index contributed by atoms with van der Waals surface area (Å²) in [5, 5.41) is 14.5. The van der Waals surface area contributed by atoms with Gasteiger partial charge in [0.15, 0.2) is 6.23 Å². The van der Waals surface area contributed by atoms with Gasteiger partial charge in [-0.25, -0.2) is 0 Å². The molecule has 2 aromatic rings. The number of amides is 1. The number of nitrogens with zero attached hydrogens (tertiary/aromatic N) is 1. The van der Waals surface area contributed by atoms with E-state index in [1.807, 2.05) is 0 Å². The van der Waals surface area contributed by atoms with Gasteiger partial charge in [-0.05, 0) is 43.2 Å². The van der Waals surface area contributed by atoms with Crippen LogP contribution in [0.4, 0.5) is 5.69 Å². The zero-order valence-electron chi connectivity index (χ0n) is 16.4. The number of nitrogens with one attached hydrogen (secondary N) is 1. The van der Waals surface area contributed by atoms with Crippen LogP contribution < -0.4 is 14.8 Å². The number of anilines is 1. The molecule has 0 saturated carbocycles. The molecule has 2 aromatic carbocycles. The lowest BCUT2D eigenvalue weighted by atomic mass is 10.3. The molecule has 0 aromatic heterocycles. The van der Waals surface area contributed by atoms with Crippen molar-refractivity contribution in [2.75, 3.05) is 25.0 Å². The molecular formula is C21H23Cl3N2O4. The minimum atomic E-state index is -0.746. The maximum Gasteiger partial charge on any atom is 0.221 e. The van der Waals surface area contributed by atoms with Gasteiger partial charge in [-0.2, -0.15) is 0 Å². The monoisotopic (exact) mass is 472 g/mol. The molecule has 1 saturated heterocycles. The molecule has 2 unspecified atom stereocenters. The Bertz CT molecular complexity index is 897. The zero-order valence-corrected chi connectivity index (χ0v) is 18.7. The summed E-state index contributed by atoms with van der Waals surface area (Å²) in [4.78, 5) is 13.4. The Morgan fingerprint density at radius 1 is 1.23 bits per heavy atom. The summed E-state index contributed by atoms with van der Waals surface area (Å²) in [5.74, 6) is 0.842. The molecule has 1 aliphatic rings. The number of hydrogen-bond donors (Lipinski definition) is 2. The van der Waals surface area contributed by atoms with Crippen molar-refractivity contribution in [1.82, 2.24) is 4.90 Å². The molecule has 1 fully saturated rings. The Balaban J connectivity index is 1.56. The van der Waals surface area contributed by atoms with E-state index >= 15 is 0 Å². The molecular weight excluding hydrogens is 451 g/mol. The van der Waals surface area contributed by atoms with Crippen molar-refractivity contribution in [3.63, 3.8) is 0 Å². The Kier molecular flexibility index (Phi) is 8.08. The summed E-state index contributed by atoms with van der Waals surface area (Å²) in [6.07, 6.45) is 0.896. The summed E-state index contributed by atoms with van der Waals surface area (Å²) >= 11 is 18.0. The topological polar surface area (TPSA) is 71.0 Å². The number of β-amino-alcohol motifs (C(OH)–C–C–N with tert-alkyl or cyclic N) is 1. The van der Waals surface area contributed by atoms with Gasteiger partial charge in [-0.15, -0.1) is 0 Å². The molecule has 2 N–H and O–H groups in total. The van der Waals surface area contributed by atoms with Gasteiger partial charge in [-0.1, -0.05) is 34.8 Å². The SMILES string of the molecule is CC(=O)Nc1cc(Cl)ccc1OCC(O)CN1CCCC1Oc1ccc(Cl)c(Cl)c1. The number of aliphatic hydroxyl groups excluding tert-OH is 1. The van der Waals surface area contributed by atoms with Crippen LogP contribution in [0.25, 0.3) is 0 Å². The van der Waals surface area contributed by atoms with Crippen molar-refractivity contribution in [3.05, 3.63) is 51.5 Å². The number of carbonyl (C=O) groups is 1. The normalized spacial score (nSPS) is 17.6. The van der Waals surface area contributed by atoms with Gasteiger partial charge in [0, 0.05) is 31.1 Å². The first-order chi connectivity index (χ1) is 14.3. The van der Waals surface area contributed by atoms with Crippen LogP contribution in [0.15, 0.2) is 36.4 Å². The van der Waals surface area contributed by atoms with Crippen molar-refractivity contribution in [1.29, 1.82) is 0 Å². The molecule has 6 nitrogen and oxygen atoms in total. The predicted octanol–water partition coefficient (Wildman–Crippen LogP) is 4.85. The number of halogens is 3. The minimum Gasteiger partial charge on any atom is -0.489 e. The average Bonchev–Trinajstić information content (AvgIpc) is 3.10. The summed E-state index contributed by atoms with van der Waals surface area (Å²) in [6, 6.07) is 10.1. The first-order valence-electron chi connectivity index (χ1n) is 9.55. The highest BCUT2D eigenvalue weighted by Gasteiger charge is 2.28. The average molecular weight is 474 g/mol.